The highest BCUT2D eigenvalue weighted by Gasteiger charge is 2.17. The zero-order valence-electron chi connectivity index (χ0n) is 17.1. The van der Waals surface area contributed by atoms with E-state index in [2.05, 4.69) is 0 Å². The third-order valence-corrected chi connectivity index (χ3v) is 3.80. The fourth-order valence-corrected chi connectivity index (χ4v) is 2.55. The molecule has 0 spiro atoms. The number of rotatable bonds is 9. The molecule has 0 saturated heterocycles. The molecule has 0 aromatic heterocycles. The van der Waals surface area contributed by atoms with E-state index in [-0.39, 0.29) is 17.9 Å². The topological polar surface area (TPSA) is 94.9 Å². The SMILES string of the molecule is CCOC(=O)/C(C#N)=C/c1ccc(OC(=O)c2ccccc2OCC)c(OCC)c1. The highest BCUT2D eigenvalue weighted by Crippen LogP contribution is 2.31. The summed E-state index contributed by atoms with van der Waals surface area (Å²) in [5.41, 5.74) is 0.673. The predicted molar refractivity (Wildman–Crippen MR) is 110 cm³/mol. The largest absolute Gasteiger partial charge is 0.493 e. The van der Waals surface area contributed by atoms with Crippen molar-refractivity contribution in [1.29, 1.82) is 5.26 Å². The van der Waals surface area contributed by atoms with Crippen LogP contribution < -0.4 is 14.2 Å². The second-order valence-corrected chi connectivity index (χ2v) is 5.85. The van der Waals surface area contributed by atoms with Crippen LogP contribution in [0.4, 0.5) is 0 Å². The second-order valence-electron chi connectivity index (χ2n) is 5.85. The lowest BCUT2D eigenvalue weighted by atomic mass is 10.1. The van der Waals surface area contributed by atoms with E-state index in [1.807, 2.05) is 13.0 Å². The van der Waals surface area contributed by atoms with Gasteiger partial charge < -0.3 is 18.9 Å². The summed E-state index contributed by atoms with van der Waals surface area (Å²) >= 11 is 0. The first-order valence-corrected chi connectivity index (χ1v) is 9.53. The van der Waals surface area contributed by atoms with Gasteiger partial charge in [0, 0.05) is 0 Å². The van der Waals surface area contributed by atoms with E-state index in [0.717, 1.165) is 0 Å². The molecule has 2 aromatic rings. The van der Waals surface area contributed by atoms with Crippen LogP contribution in [0.5, 0.6) is 17.2 Å². The molecule has 156 valence electrons. The van der Waals surface area contributed by atoms with E-state index < -0.39 is 11.9 Å². The van der Waals surface area contributed by atoms with Crippen LogP contribution >= 0.6 is 0 Å². The Kier molecular flexibility index (Phi) is 8.45. The summed E-state index contributed by atoms with van der Waals surface area (Å²) in [5, 5.41) is 9.19. The summed E-state index contributed by atoms with van der Waals surface area (Å²) < 4.78 is 21.4. The van der Waals surface area contributed by atoms with Gasteiger partial charge in [-0.3, -0.25) is 0 Å². The molecule has 2 aromatic carbocycles. The van der Waals surface area contributed by atoms with Gasteiger partial charge in [-0.15, -0.1) is 0 Å². The molecule has 0 heterocycles. The Hall–Kier alpha value is -3.79. The standard InChI is InChI=1S/C23H23NO6/c1-4-27-19-10-8-7-9-18(19)23(26)30-20-12-11-16(14-21(20)28-5-2)13-17(15-24)22(25)29-6-3/h7-14H,4-6H2,1-3H3/b17-13+. The molecular weight excluding hydrogens is 386 g/mol. The third kappa shape index (κ3) is 5.85. The van der Waals surface area contributed by atoms with Crippen molar-refractivity contribution in [2.24, 2.45) is 0 Å². The Morgan fingerprint density at radius 1 is 0.933 bits per heavy atom. The number of carbonyl (C=O) groups excluding carboxylic acids is 2. The van der Waals surface area contributed by atoms with Crippen molar-refractivity contribution in [2.45, 2.75) is 20.8 Å². The molecule has 0 aliphatic carbocycles. The van der Waals surface area contributed by atoms with Gasteiger partial charge in [0.25, 0.3) is 0 Å². The van der Waals surface area contributed by atoms with Crippen molar-refractivity contribution in [3.8, 4) is 23.3 Å². The molecule has 30 heavy (non-hydrogen) atoms. The lowest BCUT2D eigenvalue weighted by Crippen LogP contribution is -2.12. The van der Waals surface area contributed by atoms with Crippen molar-refractivity contribution in [1.82, 2.24) is 0 Å². The van der Waals surface area contributed by atoms with Gasteiger partial charge in [-0.2, -0.15) is 5.26 Å². The molecule has 0 N–H and O–H groups in total. The molecule has 7 nitrogen and oxygen atoms in total. The molecule has 0 unspecified atom stereocenters. The molecule has 0 saturated carbocycles. The summed E-state index contributed by atoms with van der Waals surface area (Å²) in [6.07, 6.45) is 1.39. The highest BCUT2D eigenvalue weighted by atomic mass is 16.6. The smallest absolute Gasteiger partial charge is 0.348 e. The van der Waals surface area contributed by atoms with Crippen LogP contribution in [0, 0.1) is 11.3 Å². The van der Waals surface area contributed by atoms with E-state index in [4.69, 9.17) is 18.9 Å². The number of carbonyl (C=O) groups is 2. The first-order chi connectivity index (χ1) is 14.5. The number of hydrogen-bond donors (Lipinski definition) is 0. The van der Waals surface area contributed by atoms with Gasteiger partial charge in [-0.1, -0.05) is 18.2 Å². The van der Waals surface area contributed by atoms with Crippen molar-refractivity contribution >= 4 is 18.0 Å². The van der Waals surface area contributed by atoms with Gasteiger partial charge in [0.1, 0.15) is 23.0 Å². The molecule has 2 rings (SSSR count). The first kappa shape index (κ1) is 22.5. The summed E-state index contributed by atoms with van der Waals surface area (Å²) in [6.45, 7) is 6.19. The van der Waals surface area contributed by atoms with Crippen LogP contribution in [0.1, 0.15) is 36.7 Å². The number of para-hydroxylation sites is 1. The number of hydrogen-bond acceptors (Lipinski definition) is 7. The van der Waals surface area contributed by atoms with Crippen LogP contribution in [0.3, 0.4) is 0 Å². The van der Waals surface area contributed by atoms with Crippen molar-refractivity contribution in [3.05, 3.63) is 59.2 Å². The number of nitrogens with zero attached hydrogens (tertiary/aromatic N) is 1. The Balaban J connectivity index is 2.33. The zero-order chi connectivity index (χ0) is 21.9. The van der Waals surface area contributed by atoms with Gasteiger partial charge in [0.15, 0.2) is 11.5 Å². The molecule has 0 aliphatic heterocycles. The Bertz CT molecular complexity index is 974. The lowest BCUT2D eigenvalue weighted by molar-refractivity contribution is -0.137. The predicted octanol–water partition coefficient (Wildman–Crippen LogP) is 4.17. The van der Waals surface area contributed by atoms with E-state index >= 15 is 0 Å². The van der Waals surface area contributed by atoms with E-state index in [1.54, 1.807) is 50.2 Å². The van der Waals surface area contributed by atoms with E-state index in [0.29, 0.717) is 35.8 Å². The maximum atomic E-state index is 12.7. The number of esters is 2. The molecule has 7 heteroatoms. The van der Waals surface area contributed by atoms with E-state index in [9.17, 15) is 14.9 Å². The average molecular weight is 409 g/mol. The molecule has 0 radical (unpaired) electrons. The van der Waals surface area contributed by atoms with Gasteiger partial charge in [-0.05, 0) is 56.7 Å². The van der Waals surface area contributed by atoms with Gasteiger partial charge >= 0.3 is 11.9 Å². The molecule has 0 amide bonds. The normalized spacial score (nSPS) is 10.7. The van der Waals surface area contributed by atoms with Crippen molar-refractivity contribution in [2.75, 3.05) is 19.8 Å². The molecule has 0 fully saturated rings. The Morgan fingerprint density at radius 2 is 1.63 bits per heavy atom. The van der Waals surface area contributed by atoms with Gasteiger partial charge in [0.2, 0.25) is 0 Å². The zero-order valence-corrected chi connectivity index (χ0v) is 17.1. The van der Waals surface area contributed by atoms with Crippen molar-refractivity contribution < 1.29 is 28.5 Å². The monoisotopic (exact) mass is 409 g/mol. The third-order valence-electron chi connectivity index (χ3n) is 3.80. The molecule has 0 bridgehead atoms. The number of nitriles is 1. The second kappa shape index (κ2) is 11.3. The fourth-order valence-electron chi connectivity index (χ4n) is 2.55. The highest BCUT2D eigenvalue weighted by molar-refractivity contribution is 5.98. The van der Waals surface area contributed by atoms with Crippen LogP contribution in [0.25, 0.3) is 6.08 Å². The van der Waals surface area contributed by atoms with Gasteiger partial charge in [0.05, 0.1) is 19.8 Å². The maximum Gasteiger partial charge on any atom is 0.348 e. The Morgan fingerprint density at radius 3 is 2.30 bits per heavy atom. The Labute approximate surface area is 175 Å². The minimum absolute atomic E-state index is 0.144. The maximum absolute atomic E-state index is 12.7. The minimum atomic E-state index is -0.707. The van der Waals surface area contributed by atoms with Crippen LogP contribution in [-0.2, 0) is 9.53 Å². The molecular formula is C23H23NO6. The lowest BCUT2D eigenvalue weighted by Gasteiger charge is -2.13. The van der Waals surface area contributed by atoms with Crippen LogP contribution in [-0.4, -0.2) is 31.8 Å². The summed E-state index contributed by atoms with van der Waals surface area (Å²) in [5.74, 6) is -0.362. The summed E-state index contributed by atoms with van der Waals surface area (Å²) in [6, 6.07) is 13.3. The molecule has 0 atom stereocenters. The van der Waals surface area contributed by atoms with Crippen LogP contribution in [0.15, 0.2) is 48.0 Å². The number of benzene rings is 2. The van der Waals surface area contributed by atoms with Crippen LogP contribution in [0.2, 0.25) is 0 Å². The minimum Gasteiger partial charge on any atom is -0.493 e. The van der Waals surface area contributed by atoms with Gasteiger partial charge in [-0.25, -0.2) is 9.59 Å². The molecule has 0 aliphatic rings. The summed E-state index contributed by atoms with van der Waals surface area (Å²) in [7, 11) is 0. The van der Waals surface area contributed by atoms with Crippen molar-refractivity contribution in [3.63, 3.8) is 0 Å². The quantitative estimate of drug-likeness (QED) is 0.265. The number of ether oxygens (including phenoxy) is 4. The summed E-state index contributed by atoms with van der Waals surface area (Å²) in [4.78, 5) is 24.5. The average Bonchev–Trinajstić information content (AvgIpc) is 2.74. The fraction of sp³-hybridized carbons (Fsp3) is 0.261. The first-order valence-electron chi connectivity index (χ1n) is 9.53. The van der Waals surface area contributed by atoms with E-state index in [1.165, 1.54) is 12.1 Å².